The molecule has 0 aromatic carbocycles. The van der Waals surface area contributed by atoms with Crippen molar-refractivity contribution in [3.63, 3.8) is 0 Å². The second-order valence-electron chi connectivity index (χ2n) is 8.60. The van der Waals surface area contributed by atoms with Crippen LogP contribution in [0.5, 0.6) is 0 Å². The molecule has 0 aliphatic heterocycles. The Morgan fingerprint density at radius 3 is 2.86 bits per heavy atom. The molecule has 0 saturated heterocycles. The molecular weight excluding hydrogens is 264 g/mol. The van der Waals surface area contributed by atoms with Gasteiger partial charge in [0.05, 0.1) is 0 Å². The van der Waals surface area contributed by atoms with E-state index in [1.165, 1.54) is 31.3 Å². The van der Waals surface area contributed by atoms with E-state index in [1.807, 2.05) is 0 Å². The van der Waals surface area contributed by atoms with Crippen LogP contribution in [0.1, 0.15) is 52.9 Å². The molecule has 2 saturated carbocycles. The Bertz CT molecular complexity index is 589. The highest BCUT2D eigenvalue weighted by Gasteiger charge is 2.57. The molecule has 4 aliphatic carbocycles. The lowest BCUT2D eigenvalue weighted by atomic mass is 9.49. The highest BCUT2D eigenvalue weighted by Crippen LogP contribution is 2.65. The molecule has 6 atom stereocenters. The van der Waals surface area contributed by atoms with Crippen LogP contribution in [0.25, 0.3) is 0 Å². The molecule has 0 unspecified atom stereocenters. The van der Waals surface area contributed by atoms with Gasteiger partial charge < -0.3 is 0 Å². The molecule has 118 valence electrons. The summed E-state index contributed by atoms with van der Waals surface area (Å²) in [6.07, 6.45) is 18.8. The van der Waals surface area contributed by atoms with Crippen molar-refractivity contribution in [2.75, 3.05) is 0 Å². The van der Waals surface area contributed by atoms with Gasteiger partial charge in [-0.1, -0.05) is 63.3 Å². The van der Waals surface area contributed by atoms with E-state index in [4.69, 9.17) is 0 Å². The molecule has 4 aliphatic rings. The summed E-state index contributed by atoms with van der Waals surface area (Å²) in [6, 6.07) is 0. The Hall–Kier alpha value is -1.04. The molecular formula is C22H30. The summed E-state index contributed by atoms with van der Waals surface area (Å²) in [5.41, 5.74) is 3.89. The lowest BCUT2D eigenvalue weighted by Gasteiger charge is -2.55. The van der Waals surface area contributed by atoms with Crippen molar-refractivity contribution >= 4 is 0 Å². The Kier molecular flexibility index (Phi) is 3.13. The van der Waals surface area contributed by atoms with Gasteiger partial charge in [0.25, 0.3) is 0 Å². The average molecular weight is 294 g/mol. The zero-order chi connectivity index (χ0) is 15.5. The van der Waals surface area contributed by atoms with Crippen molar-refractivity contribution in [3.8, 4) is 0 Å². The van der Waals surface area contributed by atoms with Crippen LogP contribution in [0.2, 0.25) is 0 Å². The van der Waals surface area contributed by atoms with E-state index in [-0.39, 0.29) is 5.41 Å². The molecule has 0 nitrogen and oxygen atoms in total. The SMILES string of the molecule is C=C1C[C@H]2[C@@H]3C=CC4=CCC=C[C@]4(C)[C@H]3CC[C@]2(C)[C@H]1CC. The molecule has 0 heteroatoms. The van der Waals surface area contributed by atoms with Crippen molar-refractivity contribution < 1.29 is 0 Å². The summed E-state index contributed by atoms with van der Waals surface area (Å²) in [7, 11) is 0. The summed E-state index contributed by atoms with van der Waals surface area (Å²) < 4.78 is 0. The van der Waals surface area contributed by atoms with Crippen molar-refractivity contribution in [2.24, 2.45) is 34.5 Å². The van der Waals surface area contributed by atoms with Crippen molar-refractivity contribution in [1.82, 2.24) is 0 Å². The molecule has 0 N–H and O–H groups in total. The smallest absolute Gasteiger partial charge is 0.0134 e. The standard InChI is InChI=1S/C22H30/c1-5-18-15(2)14-20-17-10-9-16-8-6-7-12-21(16,3)19(17)11-13-22(18,20)4/h7-10,12,17-20H,2,5-6,11,13-14H2,1,3-4H3/t17-,18+,19+,20+,21+,22-/m1/s1. The lowest BCUT2D eigenvalue weighted by molar-refractivity contribution is 0.00242. The van der Waals surface area contributed by atoms with Gasteiger partial charge in [0.15, 0.2) is 0 Å². The molecule has 0 aromatic heterocycles. The van der Waals surface area contributed by atoms with Crippen molar-refractivity contribution in [1.29, 1.82) is 0 Å². The van der Waals surface area contributed by atoms with E-state index in [0.29, 0.717) is 5.41 Å². The monoisotopic (exact) mass is 294 g/mol. The summed E-state index contributed by atoms with van der Waals surface area (Å²) in [5, 5.41) is 0. The first-order valence-corrected chi connectivity index (χ1v) is 9.25. The van der Waals surface area contributed by atoms with E-state index in [1.54, 1.807) is 5.57 Å². The Morgan fingerprint density at radius 1 is 1.27 bits per heavy atom. The van der Waals surface area contributed by atoms with Crippen molar-refractivity contribution in [3.05, 3.63) is 48.1 Å². The maximum absolute atomic E-state index is 4.46. The van der Waals surface area contributed by atoms with Gasteiger partial charge in [-0.15, -0.1) is 0 Å². The van der Waals surface area contributed by atoms with Crippen molar-refractivity contribution in [2.45, 2.75) is 52.9 Å². The molecule has 0 amide bonds. The molecule has 0 aromatic rings. The summed E-state index contributed by atoms with van der Waals surface area (Å²) >= 11 is 0. The first kappa shape index (κ1) is 14.5. The third-order valence-corrected chi connectivity index (χ3v) is 7.78. The van der Waals surface area contributed by atoms with Gasteiger partial charge >= 0.3 is 0 Å². The highest BCUT2D eigenvalue weighted by atomic mass is 14.6. The van der Waals surface area contributed by atoms with Gasteiger partial charge in [-0.25, -0.2) is 0 Å². The zero-order valence-electron chi connectivity index (χ0n) is 14.4. The highest BCUT2D eigenvalue weighted by molar-refractivity contribution is 5.41. The second kappa shape index (κ2) is 4.73. The maximum Gasteiger partial charge on any atom is 0.0134 e. The minimum absolute atomic E-state index is 0.282. The van der Waals surface area contributed by atoms with Gasteiger partial charge in [-0.05, 0) is 66.8 Å². The largest absolute Gasteiger partial charge is 0.0995 e. The Morgan fingerprint density at radius 2 is 2.09 bits per heavy atom. The normalized spacial score (nSPS) is 49.4. The number of allylic oxidation sites excluding steroid dienone is 7. The van der Waals surface area contributed by atoms with Crippen LogP contribution in [0, 0.1) is 34.5 Å². The van der Waals surface area contributed by atoms with Gasteiger partial charge in [0, 0.05) is 5.41 Å². The first-order chi connectivity index (χ1) is 10.5. The third-order valence-electron chi connectivity index (χ3n) is 7.78. The average Bonchev–Trinajstić information content (AvgIpc) is 2.76. The fourth-order valence-electron chi connectivity index (χ4n) is 6.60. The predicted molar refractivity (Wildman–Crippen MR) is 94.4 cm³/mol. The summed E-state index contributed by atoms with van der Waals surface area (Å²) in [4.78, 5) is 0. The third kappa shape index (κ3) is 1.70. The summed E-state index contributed by atoms with van der Waals surface area (Å²) in [6.45, 7) is 11.9. The Balaban J connectivity index is 1.76. The van der Waals surface area contributed by atoms with Crippen LogP contribution in [0.3, 0.4) is 0 Å². The maximum atomic E-state index is 4.46. The van der Waals surface area contributed by atoms with Gasteiger partial charge in [0.2, 0.25) is 0 Å². The van der Waals surface area contributed by atoms with Gasteiger partial charge in [-0.2, -0.15) is 0 Å². The minimum atomic E-state index is 0.282. The second-order valence-corrected chi connectivity index (χ2v) is 8.60. The topological polar surface area (TPSA) is 0 Å². The van der Waals surface area contributed by atoms with Crippen LogP contribution in [0.15, 0.2) is 48.1 Å². The number of hydrogen-bond acceptors (Lipinski definition) is 0. The molecule has 0 bridgehead atoms. The van der Waals surface area contributed by atoms with Crippen LogP contribution in [-0.4, -0.2) is 0 Å². The Labute approximate surface area is 136 Å². The minimum Gasteiger partial charge on any atom is -0.0995 e. The molecule has 0 radical (unpaired) electrons. The first-order valence-electron chi connectivity index (χ1n) is 9.25. The van der Waals surface area contributed by atoms with E-state index in [2.05, 4.69) is 57.7 Å². The van der Waals surface area contributed by atoms with Crippen LogP contribution in [0.4, 0.5) is 0 Å². The van der Waals surface area contributed by atoms with E-state index in [9.17, 15) is 0 Å². The summed E-state index contributed by atoms with van der Waals surface area (Å²) in [5.74, 6) is 3.10. The molecule has 2 fully saturated rings. The predicted octanol–water partition coefficient (Wildman–Crippen LogP) is 6.08. The van der Waals surface area contributed by atoms with E-state index < -0.39 is 0 Å². The number of rotatable bonds is 1. The number of hydrogen-bond donors (Lipinski definition) is 0. The quantitative estimate of drug-likeness (QED) is 0.514. The van der Waals surface area contributed by atoms with Gasteiger partial charge in [-0.3, -0.25) is 0 Å². The number of fused-ring (bicyclic) bond motifs is 5. The molecule has 0 spiro atoms. The van der Waals surface area contributed by atoms with Crippen LogP contribution in [-0.2, 0) is 0 Å². The van der Waals surface area contributed by atoms with Crippen LogP contribution >= 0.6 is 0 Å². The van der Waals surface area contributed by atoms with Gasteiger partial charge in [0.1, 0.15) is 0 Å². The zero-order valence-corrected chi connectivity index (χ0v) is 14.4. The lowest BCUT2D eigenvalue weighted by Crippen LogP contribution is -2.47. The van der Waals surface area contributed by atoms with Crippen LogP contribution < -0.4 is 0 Å². The van der Waals surface area contributed by atoms with E-state index in [0.717, 1.165) is 30.1 Å². The molecule has 22 heavy (non-hydrogen) atoms. The molecule has 0 heterocycles. The fourth-order valence-corrected chi connectivity index (χ4v) is 6.60. The fraction of sp³-hybridized carbons (Fsp3) is 0.636. The van der Waals surface area contributed by atoms with E-state index >= 15 is 0 Å². The molecule has 4 rings (SSSR count).